The lowest BCUT2D eigenvalue weighted by Crippen LogP contribution is -2.26. The van der Waals surface area contributed by atoms with Gasteiger partial charge in [-0.25, -0.2) is 9.37 Å². The van der Waals surface area contributed by atoms with Gasteiger partial charge in [-0.3, -0.25) is 4.79 Å². The topological polar surface area (TPSA) is 54.0 Å². The minimum Gasteiger partial charge on any atom is -0.352 e. The van der Waals surface area contributed by atoms with E-state index >= 15 is 0 Å². The smallest absolute Gasteiger partial charge is 0.255 e. The molecule has 0 bridgehead atoms. The summed E-state index contributed by atoms with van der Waals surface area (Å²) in [5, 5.41) is 5.94. The first-order valence-electron chi connectivity index (χ1n) is 8.85. The quantitative estimate of drug-likeness (QED) is 0.675. The third-order valence-corrected chi connectivity index (χ3v) is 4.32. The molecule has 5 heteroatoms. The van der Waals surface area contributed by atoms with Crippen molar-refractivity contribution >= 4 is 17.4 Å². The molecular weight excluding hydrogens is 341 g/mol. The zero-order valence-electron chi connectivity index (χ0n) is 15.4. The molecule has 3 rings (SSSR count). The molecule has 2 N–H and O–H groups in total. The fraction of sp³-hybridized carbons (Fsp3) is 0.182. The monoisotopic (exact) mass is 363 g/mol. The number of nitrogens with one attached hydrogen (secondary N) is 2. The summed E-state index contributed by atoms with van der Waals surface area (Å²) in [6.07, 6.45) is 2.35. The molecule has 4 nitrogen and oxygen atoms in total. The largest absolute Gasteiger partial charge is 0.352 e. The van der Waals surface area contributed by atoms with Crippen molar-refractivity contribution in [3.05, 3.63) is 88.9 Å². The number of amides is 1. The van der Waals surface area contributed by atoms with Gasteiger partial charge in [-0.1, -0.05) is 29.8 Å². The van der Waals surface area contributed by atoms with E-state index in [-0.39, 0.29) is 11.7 Å². The number of carbonyl (C=O) groups is 1. The van der Waals surface area contributed by atoms with Crippen molar-refractivity contribution in [2.75, 3.05) is 11.9 Å². The van der Waals surface area contributed by atoms with E-state index in [9.17, 15) is 9.18 Å². The zero-order chi connectivity index (χ0) is 19.2. The van der Waals surface area contributed by atoms with Gasteiger partial charge in [0, 0.05) is 18.4 Å². The number of aromatic nitrogens is 1. The predicted molar refractivity (Wildman–Crippen MR) is 106 cm³/mol. The summed E-state index contributed by atoms with van der Waals surface area (Å²) in [6, 6.07) is 15.8. The highest BCUT2D eigenvalue weighted by molar-refractivity contribution is 5.99. The van der Waals surface area contributed by atoms with Gasteiger partial charge in [-0.05, 0) is 61.7 Å². The van der Waals surface area contributed by atoms with Crippen LogP contribution >= 0.6 is 0 Å². The molecule has 0 aliphatic rings. The first-order valence-corrected chi connectivity index (χ1v) is 8.85. The third kappa shape index (κ3) is 4.91. The van der Waals surface area contributed by atoms with Gasteiger partial charge in [0.15, 0.2) is 0 Å². The molecule has 27 heavy (non-hydrogen) atoms. The Labute approximate surface area is 158 Å². The number of nitrogens with zero attached hydrogens (tertiary/aromatic N) is 1. The number of rotatable bonds is 6. The molecule has 0 atom stereocenters. The Bertz CT molecular complexity index is 956. The van der Waals surface area contributed by atoms with Gasteiger partial charge in [-0.2, -0.15) is 0 Å². The van der Waals surface area contributed by atoms with E-state index in [0.717, 1.165) is 6.42 Å². The second-order valence-corrected chi connectivity index (χ2v) is 6.47. The molecule has 1 heterocycles. The van der Waals surface area contributed by atoms with E-state index in [2.05, 4.69) is 47.7 Å². The molecule has 0 fully saturated rings. The van der Waals surface area contributed by atoms with Gasteiger partial charge in [-0.15, -0.1) is 0 Å². The van der Waals surface area contributed by atoms with Crippen LogP contribution in [0.15, 0.2) is 60.8 Å². The molecule has 1 amide bonds. The molecule has 0 unspecified atom stereocenters. The number of hydrogen-bond donors (Lipinski definition) is 2. The average molecular weight is 363 g/mol. The van der Waals surface area contributed by atoms with Crippen LogP contribution in [0.2, 0.25) is 0 Å². The van der Waals surface area contributed by atoms with Crippen LogP contribution in [-0.4, -0.2) is 17.4 Å². The lowest BCUT2D eigenvalue weighted by Gasteiger charge is -2.12. The molecular formula is C22H22FN3O. The van der Waals surface area contributed by atoms with E-state index < -0.39 is 0 Å². The maximum absolute atomic E-state index is 13.4. The Hall–Kier alpha value is -3.21. The third-order valence-electron chi connectivity index (χ3n) is 4.32. The first-order chi connectivity index (χ1) is 13.0. The minimum atomic E-state index is -0.351. The van der Waals surface area contributed by atoms with Crippen LogP contribution in [-0.2, 0) is 6.42 Å². The second kappa shape index (κ2) is 8.45. The molecule has 2 aromatic carbocycles. The summed E-state index contributed by atoms with van der Waals surface area (Å²) in [7, 11) is 0. The Balaban J connectivity index is 1.66. The van der Waals surface area contributed by atoms with Gasteiger partial charge >= 0.3 is 0 Å². The van der Waals surface area contributed by atoms with Crippen LogP contribution in [0.3, 0.4) is 0 Å². The van der Waals surface area contributed by atoms with Crippen molar-refractivity contribution in [3.8, 4) is 0 Å². The van der Waals surface area contributed by atoms with E-state index in [1.165, 1.54) is 28.8 Å². The summed E-state index contributed by atoms with van der Waals surface area (Å²) >= 11 is 0. The maximum atomic E-state index is 13.4. The highest BCUT2D eigenvalue weighted by Crippen LogP contribution is 2.19. The van der Waals surface area contributed by atoms with Gasteiger partial charge in [0.05, 0.1) is 5.56 Å². The standard InChI is InChI=1S/C22H22FN3O/c1-15-8-9-17(16(2)13-15)10-12-25-22(27)20-7-4-11-24-21(20)26-19-6-3-5-18(23)14-19/h3-9,11,13-14H,10,12H2,1-2H3,(H,24,26)(H,25,27). The summed E-state index contributed by atoms with van der Waals surface area (Å²) in [5.74, 6) is -0.172. The summed E-state index contributed by atoms with van der Waals surface area (Å²) < 4.78 is 13.4. The number of aryl methyl sites for hydroxylation is 2. The van der Waals surface area contributed by atoms with E-state index in [1.807, 2.05) is 0 Å². The van der Waals surface area contributed by atoms with E-state index in [0.29, 0.717) is 23.6 Å². The highest BCUT2D eigenvalue weighted by Gasteiger charge is 2.12. The van der Waals surface area contributed by atoms with Crippen LogP contribution in [0, 0.1) is 19.7 Å². The van der Waals surface area contributed by atoms with Crippen molar-refractivity contribution in [2.24, 2.45) is 0 Å². The zero-order valence-corrected chi connectivity index (χ0v) is 15.4. The normalized spacial score (nSPS) is 10.5. The van der Waals surface area contributed by atoms with Gasteiger partial charge in [0.2, 0.25) is 0 Å². The SMILES string of the molecule is Cc1ccc(CCNC(=O)c2cccnc2Nc2cccc(F)c2)c(C)c1. The molecule has 1 aromatic heterocycles. The second-order valence-electron chi connectivity index (χ2n) is 6.47. The van der Waals surface area contributed by atoms with Gasteiger partial charge < -0.3 is 10.6 Å². The maximum Gasteiger partial charge on any atom is 0.255 e. The van der Waals surface area contributed by atoms with Crippen molar-refractivity contribution in [1.29, 1.82) is 0 Å². The van der Waals surface area contributed by atoms with Crippen LogP contribution < -0.4 is 10.6 Å². The molecule has 0 spiro atoms. The first kappa shape index (κ1) is 18.6. The molecule has 0 saturated carbocycles. The lowest BCUT2D eigenvalue weighted by molar-refractivity contribution is 0.0954. The summed E-state index contributed by atoms with van der Waals surface area (Å²) in [6.45, 7) is 4.66. The number of carbonyl (C=O) groups excluding carboxylic acids is 1. The molecule has 3 aromatic rings. The van der Waals surface area contributed by atoms with Gasteiger partial charge in [0.1, 0.15) is 11.6 Å². The number of halogens is 1. The van der Waals surface area contributed by atoms with E-state index in [4.69, 9.17) is 0 Å². The molecule has 0 saturated heterocycles. The van der Waals surface area contributed by atoms with Crippen LogP contribution in [0.25, 0.3) is 0 Å². The van der Waals surface area contributed by atoms with Crippen molar-refractivity contribution in [3.63, 3.8) is 0 Å². The molecule has 138 valence electrons. The summed E-state index contributed by atoms with van der Waals surface area (Å²) in [5.41, 5.74) is 4.62. The fourth-order valence-electron chi connectivity index (χ4n) is 2.92. The number of benzene rings is 2. The van der Waals surface area contributed by atoms with Crippen molar-refractivity contribution < 1.29 is 9.18 Å². The molecule has 0 aliphatic heterocycles. The molecule has 0 radical (unpaired) electrons. The lowest BCUT2D eigenvalue weighted by atomic mass is 10.0. The van der Waals surface area contributed by atoms with Crippen LogP contribution in [0.1, 0.15) is 27.0 Å². The van der Waals surface area contributed by atoms with Crippen LogP contribution in [0.4, 0.5) is 15.9 Å². The van der Waals surface area contributed by atoms with Crippen molar-refractivity contribution in [2.45, 2.75) is 20.3 Å². The van der Waals surface area contributed by atoms with Gasteiger partial charge in [0.25, 0.3) is 5.91 Å². The number of anilines is 2. The fourth-order valence-corrected chi connectivity index (χ4v) is 2.92. The van der Waals surface area contributed by atoms with E-state index in [1.54, 1.807) is 30.5 Å². The Morgan fingerprint density at radius 3 is 2.70 bits per heavy atom. The highest BCUT2D eigenvalue weighted by atomic mass is 19.1. The Kier molecular flexibility index (Phi) is 5.81. The molecule has 0 aliphatic carbocycles. The Morgan fingerprint density at radius 1 is 1.07 bits per heavy atom. The average Bonchev–Trinajstić information content (AvgIpc) is 2.64. The Morgan fingerprint density at radius 2 is 1.93 bits per heavy atom. The van der Waals surface area contributed by atoms with Crippen molar-refractivity contribution in [1.82, 2.24) is 10.3 Å². The number of hydrogen-bond acceptors (Lipinski definition) is 3. The number of pyridine rings is 1. The van der Waals surface area contributed by atoms with Crippen LogP contribution in [0.5, 0.6) is 0 Å². The minimum absolute atomic E-state index is 0.216. The summed E-state index contributed by atoms with van der Waals surface area (Å²) in [4.78, 5) is 16.8. The predicted octanol–water partition coefficient (Wildman–Crippen LogP) is 4.55.